The van der Waals surface area contributed by atoms with Crippen molar-refractivity contribution in [1.82, 2.24) is 30.0 Å². The first-order valence-corrected chi connectivity index (χ1v) is 11.7. The van der Waals surface area contributed by atoms with Crippen molar-refractivity contribution in [2.75, 3.05) is 30.3 Å². The van der Waals surface area contributed by atoms with Crippen LogP contribution in [0.5, 0.6) is 0 Å². The van der Waals surface area contributed by atoms with E-state index in [1.165, 1.54) is 24.5 Å². The zero-order valence-electron chi connectivity index (χ0n) is 18.4. The molecule has 0 spiro atoms. The number of carbonyl (C=O) groups excluding carboxylic acids is 1. The zero-order valence-corrected chi connectivity index (χ0v) is 18.4. The third-order valence-corrected chi connectivity index (χ3v) is 6.76. The van der Waals surface area contributed by atoms with E-state index in [4.69, 9.17) is 14.7 Å². The lowest BCUT2D eigenvalue weighted by molar-refractivity contribution is -0.127. The summed E-state index contributed by atoms with van der Waals surface area (Å²) in [6, 6.07) is 0.114. The average Bonchev–Trinajstić information content (AvgIpc) is 3.40. The third kappa shape index (κ3) is 3.84. The number of nitrogens with zero attached hydrogens (tertiary/aromatic N) is 4. The highest BCUT2D eigenvalue weighted by Gasteiger charge is 2.30. The number of H-pyrrole nitrogens is 2. The lowest BCUT2D eigenvalue weighted by Crippen LogP contribution is -2.44. The van der Waals surface area contributed by atoms with Crippen LogP contribution in [0, 0.1) is 0 Å². The second kappa shape index (κ2) is 8.18. The minimum Gasteiger partial charge on any atom is -0.372 e. The SMILES string of the molecule is C=CC(=O)N1CCC[C@@H](Nc2nc(Nc3cn[nH]c3C3CCO3)nc3[nH]cc(C4CC4)c23)C1. The van der Waals surface area contributed by atoms with Gasteiger partial charge in [0.05, 0.1) is 29.6 Å². The van der Waals surface area contributed by atoms with Gasteiger partial charge < -0.3 is 25.3 Å². The normalized spacial score (nSPS) is 22.7. The molecule has 1 aliphatic carbocycles. The minimum atomic E-state index is -0.0253. The second-order valence-corrected chi connectivity index (χ2v) is 9.08. The van der Waals surface area contributed by atoms with Gasteiger partial charge in [-0.25, -0.2) is 0 Å². The van der Waals surface area contributed by atoms with E-state index in [1.807, 2.05) is 4.90 Å². The molecule has 1 amide bonds. The third-order valence-electron chi connectivity index (χ3n) is 6.76. The molecule has 172 valence electrons. The maximum absolute atomic E-state index is 12.2. The van der Waals surface area contributed by atoms with Crippen molar-refractivity contribution >= 4 is 34.4 Å². The number of nitrogens with one attached hydrogen (secondary N) is 4. The van der Waals surface area contributed by atoms with Crippen LogP contribution in [0.4, 0.5) is 17.5 Å². The smallest absolute Gasteiger partial charge is 0.246 e. The Morgan fingerprint density at radius 1 is 1.27 bits per heavy atom. The van der Waals surface area contributed by atoms with E-state index in [0.717, 1.165) is 60.6 Å². The van der Waals surface area contributed by atoms with Crippen LogP contribution in [-0.4, -0.2) is 61.7 Å². The quantitative estimate of drug-likeness (QED) is 0.409. The van der Waals surface area contributed by atoms with Gasteiger partial charge in [0.1, 0.15) is 17.6 Å². The Bertz CT molecular complexity index is 1190. The molecule has 2 saturated heterocycles. The monoisotopic (exact) mass is 448 g/mol. The van der Waals surface area contributed by atoms with Gasteiger partial charge in [-0.05, 0) is 43.2 Å². The van der Waals surface area contributed by atoms with E-state index in [0.29, 0.717) is 18.4 Å². The fraction of sp³-hybridized carbons (Fsp3) is 0.478. The van der Waals surface area contributed by atoms with Crippen LogP contribution in [0.3, 0.4) is 0 Å². The first-order chi connectivity index (χ1) is 16.2. The van der Waals surface area contributed by atoms with E-state index < -0.39 is 0 Å². The highest BCUT2D eigenvalue weighted by atomic mass is 16.5. The number of hydrogen-bond acceptors (Lipinski definition) is 7. The number of ether oxygens (including phenoxy) is 1. The Morgan fingerprint density at radius 3 is 2.91 bits per heavy atom. The number of anilines is 3. The molecule has 1 unspecified atom stereocenters. The predicted molar refractivity (Wildman–Crippen MR) is 124 cm³/mol. The van der Waals surface area contributed by atoms with E-state index in [1.54, 1.807) is 6.20 Å². The fourth-order valence-corrected chi connectivity index (χ4v) is 4.78. The van der Waals surface area contributed by atoms with Crippen LogP contribution in [0.1, 0.15) is 55.4 Å². The Labute approximate surface area is 191 Å². The fourth-order valence-electron chi connectivity index (χ4n) is 4.78. The molecule has 2 atom stereocenters. The summed E-state index contributed by atoms with van der Waals surface area (Å²) in [5, 5.41) is 15.2. The molecule has 3 fully saturated rings. The van der Waals surface area contributed by atoms with Crippen molar-refractivity contribution in [1.29, 1.82) is 0 Å². The first kappa shape index (κ1) is 20.2. The average molecular weight is 449 g/mol. The van der Waals surface area contributed by atoms with Gasteiger partial charge in [0, 0.05) is 31.7 Å². The Morgan fingerprint density at radius 2 is 2.15 bits per heavy atom. The molecule has 6 rings (SSSR count). The summed E-state index contributed by atoms with van der Waals surface area (Å²) < 4.78 is 5.61. The number of amides is 1. The molecule has 0 bridgehead atoms. The molecule has 5 heterocycles. The number of aromatic nitrogens is 5. The largest absolute Gasteiger partial charge is 0.372 e. The highest BCUT2D eigenvalue weighted by Crippen LogP contribution is 2.45. The molecule has 3 aliphatic rings. The van der Waals surface area contributed by atoms with Crippen molar-refractivity contribution in [2.24, 2.45) is 0 Å². The van der Waals surface area contributed by atoms with Crippen LogP contribution in [-0.2, 0) is 9.53 Å². The molecular weight excluding hydrogens is 420 g/mol. The molecule has 2 aliphatic heterocycles. The number of rotatable bonds is 7. The number of aromatic amines is 2. The summed E-state index contributed by atoms with van der Waals surface area (Å²) in [6.45, 7) is 5.79. The van der Waals surface area contributed by atoms with Gasteiger partial charge in [-0.3, -0.25) is 9.89 Å². The van der Waals surface area contributed by atoms with E-state index >= 15 is 0 Å². The summed E-state index contributed by atoms with van der Waals surface area (Å²) in [4.78, 5) is 27.0. The number of carbonyl (C=O) groups is 1. The molecule has 4 N–H and O–H groups in total. The molecule has 3 aromatic heterocycles. The van der Waals surface area contributed by atoms with Crippen LogP contribution < -0.4 is 10.6 Å². The summed E-state index contributed by atoms with van der Waals surface area (Å²) in [6.07, 6.45) is 10.5. The molecule has 33 heavy (non-hydrogen) atoms. The summed E-state index contributed by atoms with van der Waals surface area (Å²) >= 11 is 0. The number of hydrogen-bond donors (Lipinski definition) is 4. The van der Waals surface area contributed by atoms with Crippen LogP contribution in [0.2, 0.25) is 0 Å². The molecule has 10 heteroatoms. The maximum Gasteiger partial charge on any atom is 0.246 e. The molecule has 10 nitrogen and oxygen atoms in total. The van der Waals surface area contributed by atoms with Crippen molar-refractivity contribution in [3.8, 4) is 0 Å². The van der Waals surface area contributed by atoms with Crippen LogP contribution >= 0.6 is 0 Å². The van der Waals surface area contributed by atoms with Crippen molar-refractivity contribution in [3.05, 3.63) is 36.3 Å². The Balaban J connectivity index is 1.32. The summed E-state index contributed by atoms with van der Waals surface area (Å²) in [5.41, 5.74) is 3.80. The van der Waals surface area contributed by atoms with Crippen LogP contribution in [0.15, 0.2) is 25.0 Å². The molecule has 1 saturated carbocycles. The van der Waals surface area contributed by atoms with Gasteiger partial charge in [0.25, 0.3) is 0 Å². The second-order valence-electron chi connectivity index (χ2n) is 9.08. The Hall–Kier alpha value is -3.40. The number of fused-ring (bicyclic) bond motifs is 1. The van der Waals surface area contributed by atoms with E-state index in [9.17, 15) is 4.79 Å². The molecule has 0 radical (unpaired) electrons. The number of piperidine rings is 1. The lowest BCUT2D eigenvalue weighted by Gasteiger charge is -2.33. The minimum absolute atomic E-state index is 0.0253. The summed E-state index contributed by atoms with van der Waals surface area (Å²) in [5.74, 6) is 1.82. The molecule has 0 aromatic carbocycles. The molecular formula is C23H28N8O2. The maximum atomic E-state index is 12.2. The Kier molecular flexibility index (Phi) is 5.01. The van der Waals surface area contributed by atoms with E-state index in [-0.39, 0.29) is 18.1 Å². The van der Waals surface area contributed by atoms with Gasteiger partial charge in [0.15, 0.2) is 0 Å². The van der Waals surface area contributed by atoms with Crippen molar-refractivity contribution in [2.45, 2.75) is 50.2 Å². The van der Waals surface area contributed by atoms with Gasteiger partial charge in [0.2, 0.25) is 11.9 Å². The lowest BCUT2D eigenvalue weighted by atomic mass is 10.0. The summed E-state index contributed by atoms with van der Waals surface area (Å²) in [7, 11) is 0. The topological polar surface area (TPSA) is 124 Å². The van der Waals surface area contributed by atoms with Gasteiger partial charge in [-0.2, -0.15) is 15.1 Å². The highest BCUT2D eigenvalue weighted by molar-refractivity contribution is 5.93. The van der Waals surface area contributed by atoms with Crippen LogP contribution in [0.25, 0.3) is 11.0 Å². The van der Waals surface area contributed by atoms with E-state index in [2.05, 4.69) is 38.6 Å². The molecule has 3 aromatic rings. The van der Waals surface area contributed by atoms with Gasteiger partial charge in [-0.15, -0.1) is 0 Å². The number of likely N-dealkylation sites (tertiary alicyclic amines) is 1. The van der Waals surface area contributed by atoms with Gasteiger partial charge >= 0.3 is 0 Å². The standard InChI is InChI=1S/C23H28N8O2/c1-2-18(32)31-8-3-4-14(12-31)26-22-19-15(13-5-6-13)10-24-21(19)28-23(29-22)27-16-11-25-30-20(16)17-7-9-33-17/h2,10-11,13-14,17H,1,3-9,12H2,(H,25,30)(H3,24,26,27,28,29)/t14-,17?/m1/s1. The van der Waals surface area contributed by atoms with Crippen molar-refractivity contribution < 1.29 is 9.53 Å². The van der Waals surface area contributed by atoms with Crippen molar-refractivity contribution in [3.63, 3.8) is 0 Å². The zero-order chi connectivity index (χ0) is 22.4. The predicted octanol–water partition coefficient (Wildman–Crippen LogP) is 3.35. The first-order valence-electron chi connectivity index (χ1n) is 11.7. The van der Waals surface area contributed by atoms with Gasteiger partial charge in [-0.1, -0.05) is 6.58 Å².